The Balaban J connectivity index is 1.51. The van der Waals surface area contributed by atoms with E-state index in [-0.39, 0.29) is 29.7 Å². The van der Waals surface area contributed by atoms with E-state index in [1.807, 2.05) is 19.0 Å². The lowest BCUT2D eigenvalue weighted by Gasteiger charge is -2.34. The summed E-state index contributed by atoms with van der Waals surface area (Å²) in [5, 5.41) is 18.0. The van der Waals surface area contributed by atoms with Gasteiger partial charge in [-0.1, -0.05) is 52.8 Å². The van der Waals surface area contributed by atoms with Gasteiger partial charge in [0.2, 0.25) is 11.6 Å². The number of likely N-dealkylation sites (N-methyl/N-ethyl adjacent to an activating group) is 1. The summed E-state index contributed by atoms with van der Waals surface area (Å²) in [5.74, 6) is -0.639. The second kappa shape index (κ2) is 8.26. The highest BCUT2D eigenvalue weighted by molar-refractivity contribution is 5.71. The highest BCUT2D eigenvalue weighted by atomic mass is 19.4. The van der Waals surface area contributed by atoms with Crippen molar-refractivity contribution in [2.45, 2.75) is 18.3 Å². The Morgan fingerprint density at radius 3 is 2.47 bits per heavy atom. The first-order valence-corrected chi connectivity index (χ1v) is 10.3. The standard InChI is InChI=1S/C23H19F3N4O4/c1-30(2)15-11-32-16-10-13(8-9-14(16)19(15)31)21-27-22(34-29-21)20-17(23(24,25)26)18(28-33-20)12-6-4-3-5-7-12/h3-10,15,19,31H,11H2,1-2H3/t15-,19+/m1/s1. The van der Waals surface area contributed by atoms with Gasteiger partial charge >= 0.3 is 6.18 Å². The molecule has 0 amide bonds. The highest BCUT2D eigenvalue weighted by Crippen LogP contribution is 2.43. The maximum absolute atomic E-state index is 13.9. The molecule has 2 aromatic carbocycles. The van der Waals surface area contributed by atoms with Gasteiger partial charge in [0, 0.05) is 16.7 Å². The van der Waals surface area contributed by atoms with Gasteiger partial charge in [-0.2, -0.15) is 18.2 Å². The lowest BCUT2D eigenvalue weighted by Crippen LogP contribution is -2.41. The molecule has 11 heteroatoms. The Labute approximate surface area is 191 Å². The van der Waals surface area contributed by atoms with Crippen LogP contribution in [-0.4, -0.2) is 52.0 Å². The van der Waals surface area contributed by atoms with Gasteiger partial charge in [0.15, 0.2) is 0 Å². The zero-order chi connectivity index (χ0) is 24.0. The van der Waals surface area contributed by atoms with Crippen LogP contribution >= 0.6 is 0 Å². The number of aliphatic hydroxyl groups excluding tert-OH is 1. The number of rotatable bonds is 4. The second-order valence-corrected chi connectivity index (χ2v) is 8.06. The number of nitrogens with zero attached hydrogens (tertiary/aromatic N) is 4. The first kappa shape index (κ1) is 22.1. The normalized spacial score (nSPS) is 18.1. The fourth-order valence-corrected chi connectivity index (χ4v) is 3.87. The molecule has 2 aromatic heterocycles. The Morgan fingerprint density at radius 1 is 1.00 bits per heavy atom. The molecule has 2 atom stereocenters. The number of benzene rings is 2. The highest BCUT2D eigenvalue weighted by Gasteiger charge is 2.43. The van der Waals surface area contributed by atoms with Crippen molar-refractivity contribution < 1.29 is 32.1 Å². The average molecular weight is 472 g/mol. The van der Waals surface area contributed by atoms with Gasteiger partial charge in [-0.05, 0) is 20.2 Å². The molecule has 0 spiro atoms. The summed E-state index contributed by atoms with van der Waals surface area (Å²) in [6.07, 6.45) is -5.53. The van der Waals surface area contributed by atoms with E-state index >= 15 is 0 Å². The predicted octanol–water partition coefficient (Wildman–Crippen LogP) is 4.43. The molecule has 5 rings (SSSR count). The number of alkyl halides is 3. The van der Waals surface area contributed by atoms with Crippen LogP contribution in [0.3, 0.4) is 0 Å². The molecule has 3 heterocycles. The molecule has 0 unspecified atom stereocenters. The van der Waals surface area contributed by atoms with Crippen molar-refractivity contribution in [3.8, 4) is 40.0 Å². The third kappa shape index (κ3) is 3.82. The van der Waals surface area contributed by atoms with Crippen LogP contribution in [0.15, 0.2) is 57.6 Å². The molecule has 1 aliphatic rings. The lowest BCUT2D eigenvalue weighted by molar-refractivity contribution is -0.136. The summed E-state index contributed by atoms with van der Waals surface area (Å²) in [6, 6.07) is 12.6. The van der Waals surface area contributed by atoms with Crippen molar-refractivity contribution in [3.63, 3.8) is 0 Å². The van der Waals surface area contributed by atoms with E-state index in [1.54, 1.807) is 36.4 Å². The van der Waals surface area contributed by atoms with E-state index in [0.717, 1.165) is 0 Å². The quantitative estimate of drug-likeness (QED) is 0.466. The Morgan fingerprint density at radius 2 is 1.76 bits per heavy atom. The van der Waals surface area contributed by atoms with Crippen LogP contribution in [0.5, 0.6) is 5.75 Å². The van der Waals surface area contributed by atoms with E-state index in [9.17, 15) is 18.3 Å². The van der Waals surface area contributed by atoms with E-state index < -0.39 is 29.5 Å². The smallest absolute Gasteiger partial charge is 0.422 e. The van der Waals surface area contributed by atoms with Crippen molar-refractivity contribution in [2.75, 3.05) is 20.7 Å². The van der Waals surface area contributed by atoms with Gasteiger partial charge in [0.05, 0.1) is 6.04 Å². The van der Waals surface area contributed by atoms with Gasteiger partial charge < -0.3 is 23.8 Å². The van der Waals surface area contributed by atoms with Crippen molar-refractivity contribution in [2.24, 2.45) is 0 Å². The first-order chi connectivity index (χ1) is 16.2. The summed E-state index contributed by atoms with van der Waals surface area (Å²) in [4.78, 5) is 5.97. The van der Waals surface area contributed by atoms with Crippen LogP contribution in [0.25, 0.3) is 34.3 Å². The molecule has 4 aromatic rings. The van der Waals surface area contributed by atoms with E-state index in [1.165, 1.54) is 12.1 Å². The van der Waals surface area contributed by atoms with Crippen molar-refractivity contribution in [1.82, 2.24) is 20.2 Å². The van der Waals surface area contributed by atoms with Gasteiger partial charge in [-0.3, -0.25) is 0 Å². The molecule has 8 nitrogen and oxygen atoms in total. The van der Waals surface area contributed by atoms with Gasteiger partial charge in [-0.15, -0.1) is 0 Å². The molecule has 0 radical (unpaired) electrons. The average Bonchev–Trinajstić information content (AvgIpc) is 3.47. The monoisotopic (exact) mass is 472 g/mol. The summed E-state index contributed by atoms with van der Waals surface area (Å²) < 4.78 is 57.7. The summed E-state index contributed by atoms with van der Waals surface area (Å²) in [7, 11) is 3.69. The predicted molar refractivity (Wildman–Crippen MR) is 114 cm³/mol. The number of ether oxygens (including phenoxy) is 1. The molecular weight excluding hydrogens is 453 g/mol. The Bertz CT molecular complexity index is 1320. The summed E-state index contributed by atoms with van der Waals surface area (Å²) >= 11 is 0. The summed E-state index contributed by atoms with van der Waals surface area (Å²) in [5.41, 5.74) is -0.180. The third-order valence-electron chi connectivity index (χ3n) is 5.67. The molecular formula is C23H19F3N4O4. The number of aromatic nitrogens is 3. The third-order valence-corrected chi connectivity index (χ3v) is 5.67. The maximum atomic E-state index is 13.9. The molecule has 0 bridgehead atoms. The fourth-order valence-electron chi connectivity index (χ4n) is 3.87. The molecule has 0 fully saturated rings. The van der Waals surface area contributed by atoms with Crippen molar-refractivity contribution in [1.29, 1.82) is 0 Å². The van der Waals surface area contributed by atoms with E-state index in [0.29, 0.717) is 16.9 Å². The van der Waals surface area contributed by atoms with Crippen LogP contribution in [0.1, 0.15) is 17.2 Å². The molecule has 176 valence electrons. The van der Waals surface area contributed by atoms with Crippen molar-refractivity contribution >= 4 is 0 Å². The first-order valence-electron chi connectivity index (χ1n) is 10.3. The minimum absolute atomic E-state index is 0.0383. The van der Waals surface area contributed by atoms with Crippen molar-refractivity contribution in [3.05, 3.63) is 59.7 Å². The molecule has 1 N–H and O–H groups in total. The zero-order valence-corrected chi connectivity index (χ0v) is 18.1. The number of hydrogen-bond donors (Lipinski definition) is 1. The van der Waals surface area contributed by atoms with Crippen LogP contribution in [0.4, 0.5) is 13.2 Å². The van der Waals surface area contributed by atoms with Crippen LogP contribution in [0.2, 0.25) is 0 Å². The topological polar surface area (TPSA) is 97.7 Å². The second-order valence-electron chi connectivity index (χ2n) is 8.06. The summed E-state index contributed by atoms with van der Waals surface area (Å²) in [6.45, 7) is 0.275. The zero-order valence-electron chi connectivity index (χ0n) is 18.1. The van der Waals surface area contributed by atoms with Gasteiger partial charge in [-0.25, -0.2) is 0 Å². The maximum Gasteiger partial charge on any atom is 0.422 e. The Hall–Kier alpha value is -3.70. The molecule has 1 aliphatic heterocycles. The Kier molecular flexibility index (Phi) is 5.37. The SMILES string of the molecule is CN(C)[C@@H]1COc2cc(-c3noc(-c4onc(-c5ccccc5)c4C(F)(F)F)n3)ccc2[C@@H]1O. The lowest BCUT2D eigenvalue weighted by atomic mass is 9.97. The minimum atomic E-state index is -4.77. The van der Waals surface area contributed by atoms with E-state index in [4.69, 9.17) is 13.8 Å². The minimum Gasteiger partial charge on any atom is -0.491 e. The van der Waals surface area contributed by atoms with E-state index in [2.05, 4.69) is 15.3 Å². The largest absolute Gasteiger partial charge is 0.491 e. The molecule has 0 aliphatic carbocycles. The number of aliphatic hydroxyl groups is 1. The van der Waals surface area contributed by atoms with Gasteiger partial charge in [0.1, 0.15) is 29.7 Å². The number of hydrogen-bond acceptors (Lipinski definition) is 8. The van der Waals surface area contributed by atoms with Crippen LogP contribution < -0.4 is 4.74 Å². The van der Waals surface area contributed by atoms with Crippen LogP contribution in [-0.2, 0) is 6.18 Å². The fraction of sp³-hybridized carbons (Fsp3) is 0.261. The molecule has 0 saturated heterocycles. The number of halogens is 3. The molecule has 0 saturated carbocycles. The number of fused-ring (bicyclic) bond motifs is 1. The molecule has 34 heavy (non-hydrogen) atoms. The van der Waals surface area contributed by atoms with Gasteiger partial charge in [0.25, 0.3) is 5.89 Å². The van der Waals surface area contributed by atoms with Crippen LogP contribution in [0, 0.1) is 0 Å².